The summed E-state index contributed by atoms with van der Waals surface area (Å²) in [6.07, 6.45) is 5.58. The van der Waals surface area contributed by atoms with Gasteiger partial charge in [-0.3, -0.25) is 14.4 Å². The third kappa shape index (κ3) is 7.62. The van der Waals surface area contributed by atoms with Gasteiger partial charge < -0.3 is 20.1 Å². The monoisotopic (exact) mass is 607 g/mol. The Kier molecular flexibility index (Phi) is 9.71. The zero-order chi connectivity index (χ0) is 32.1. The van der Waals surface area contributed by atoms with Gasteiger partial charge in [0.15, 0.2) is 0 Å². The quantitative estimate of drug-likeness (QED) is 0.243. The van der Waals surface area contributed by atoms with E-state index in [1.807, 2.05) is 87.8 Å². The molecule has 1 fully saturated rings. The van der Waals surface area contributed by atoms with Crippen molar-refractivity contribution in [3.8, 4) is 0 Å². The fourth-order valence-corrected chi connectivity index (χ4v) is 6.30. The summed E-state index contributed by atoms with van der Waals surface area (Å²) >= 11 is 0. The highest BCUT2D eigenvalue weighted by Crippen LogP contribution is 2.27. The van der Waals surface area contributed by atoms with Crippen LogP contribution in [-0.4, -0.2) is 50.8 Å². The minimum Gasteiger partial charge on any atom is -0.348 e. The minimum atomic E-state index is -0.772. The normalized spacial score (nSPS) is 17.1. The number of likely N-dealkylation sites (tertiary alicyclic amines) is 1. The van der Waals surface area contributed by atoms with E-state index < -0.39 is 17.5 Å². The molecule has 8 heteroatoms. The summed E-state index contributed by atoms with van der Waals surface area (Å²) in [4.78, 5) is 47.2. The summed E-state index contributed by atoms with van der Waals surface area (Å²) < 4.78 is 2.02. The Hall–Kier alpha value is -4.46. The van der Waals surface area contributed by atoms with Crippen LogP contribution in [0, 0.1) is 11.3 Å². The molecule has 0 aliphatic carbocycles. The SMILES string of the molecule is C[C@H](NC(=O)[C@H](NC(=O)[C@@H]1CCCN1C(=O)[C@@H](C)Cc1cn(Cc2ccccc2)cn1)C(C)(C)C)c1cccc2ccccc12. The molecule has 45 heavy (non-hydrogen) atoms. The zero-order valence-electron chi connectivity index (χ0n) is 27.0. The van der Waals surface area contributed by atoms with E-state index in [2.05, 4.69) is 45.9 Å². The number of carbonyl (C=O) groups excluding carboxylic acids is 3. The molecule has 1 saturated heterocycles. The number of benzene rings is 3. The van der Waals surface area contributed by atoms with Gasteiger partial charge in [0.05, 0.1) is 18.1 Å². The van der Waals surface area contributed by atoms with Gasteiger partial charge >= 0.3 is 0 Å². The first kappa shape index (κ1) is 31.9. The molecule has 4 aromatic rings. The summed E-state index contributed by atoms with van der Waals surface area (Å²) in [5, 5.41) is 8.37. The molecule has 1 aromatic heterocycles. The largest absolute Gasteiger partial charge is 0.348 e. The molecular weight excluding hydrogens is 562 g/mol. The number of hydrogen-bond donors (Lipinski definition) is 2. The van der Waals surface area contributed by atoms with E-state index in [-0.39, 0.29) is 29.7 Å². The van der Waals surface area contributed by atoms with E-state index in [1.54, 1.807) is 11.2 Å². The number of amides is 3. The number of hydrogen-bond acceptors (Lipinski definition) is 4. The highest BCUT2D eigenvalue weighted by atomic mass is 16.2. The summed E-state index contributed by atoms with van der Waals surface area (Å²) in [7, 11) is 0. The Labute approximate surface area is 266 Å². The smallest absolute Gasteiger partial charge is 0.243 e. The van der Waals surface area contributed by atoms with Crippen molar-refractivity contribution >= 4 is 28.5 Å². The molecule has 0 spiro atoms. The van der Waals surface area contributed by atoms with E-state index in [0.29, 0.717) is 25.9 Å². The number of nitrogens with one attached hydrogen (secondary N) is 2. The first-order valence-electron chi connectivity index (χ1n) is 15.9. The van der Waals surface area contributed by atoms with Gasteiger partial charge in [-0.15, -0.1) is 0 Å². The fraction of sp³-hybridized carbons (Fsp3) is 0.405. The molecule has 3 amide bonds. The third-order valence-electron chi connectivity index (χ3n) is 8.73. The lowest BCUT2D eigenvalue weighted by molar-refractivity contribution is -0.142. The predicted molar refractivity (Wildman–Crippen MR) is 177 cm³/mol. The van der Waals surface area contributed by atoms with Crippen LogP contribution >= 0.6 is 0 Å². The first-order chi connectivity index (χ1) is 21.5. The summed E-state index contributed by atoms with van der Waals surface area (Å²) in [5.41, 5.74) is 2.50. The van der Waals surface area contributed by atoms with Crippen LogP contribution < -0.4 is 10.6 Å². The Morgan fingerprint density at radius 2 is 1.64 bits per heavy atom. The van der Waals surface area contributed by atoms with E-state index >= 15 is 0 Å². The second kappa shape index (κ2) is 13.7. The van der Waals surface area contributed by atoms with Gasteiger partial charge in [0.1, 0.15) is 12.1 Å². The number of rotatable bonds is 10. The van der Waals surface area contributed by atoms with Gasteiger partial charge in [-0.25, -0.2) is 4.98 Å². The number of fused-ring (bicyclic) bond motifs is 1. The van der Waals surface area contributed by atoms with Crippen LogP contribution in [0.1, 0.15) is 70.3 Å². The molecule has 1 aliphatic rings. The molecule has 5 rings (SSSR count). The van der Waals surface area contributed by atoms with E-state index in [0.717, 1.165) is 28.5 Å². The second-order valence-electron chi connectivity index (χ2n) is 13.4. The molecule has 0 radical (unpaired) electrons. The van der Waals surface area contributed by atoms with Crippen molar-refractivity contribution in [2.24, 2.45) is 11.3 Å². The molecule has 236 valence electrons. The van der Waals surface area contributed by atoms with Crippen molar-refractivity contribution in [2.45, 2.75) is 78.6 Å². The van der Waals surface area contributed by atoms with Crippen molar-refractivity contribution in [1.82, 2.24) is 25.1 Å². The number of nitrogens with zero attached hydrogens (tertiary/aromatic N) is 3. The Bertz CT molecular complexity index is 1640. The van der Waals surface area contributed by atoms with Gasteiger partial charge in [-0.2, -0.15) is 0 Å². The van der Waals surface area contributed by atoms with E-state index in [9.17, 15) is 14.4 Å². The Balaban J connectivity index is 1.22. The molecule has 3 aromatic carbocycles. The van der Waals surface area contributed by atoms with Crippen LogP contribution in [0.5, 0.6) is 0 Å². The molecule has 0 saturated carbocycles. The Morgan fingerprint density at radius 1 is 0.933 bits per heavy atom. The molecule has 1 aliphatic heterocycles. The third-order valence-corrected chi connectivity index (χ3v) is 8.73. The van der Waals surface area contributed by atoms with Crippen molar-refractivity contribution in [2.75, 3.05) is 6.54 Å². The highest BCUT2D eigenvalue weighted by Gasteiger charge is 2.40. The van der Waals surface area contributed by atoms with Gasteiger partial charge in [-0.1, -0.05) is 100 Å². The van der Waals surface area contributed by atoms with Gasteiger partial charge in [0, 0.05) is 31.6 Å². The topological polar surface area (TPSA) is 96.3 Å². The van der Waals surface area contributed by atoms with Crippen molar-refractivity contribution in [1.29, 1.82) is 0 Å². The van der Waals surface area contributed by atoms with Gasteiger partial charge in [0.25, 0.3) is 0 Å². The molecule has 0 unspecified atom stereocenters. The average molecular weight is 608 g/mol. The van der Waals surface area contributed by atoms with Crippen LogP contribution in [0.25, 0.3) is 10.8 Å². The standard InChI is InChI=1S/C37H45N5O3/c1-25(21-29-23-41(24-38-29)22-27-13-7-6-8-14-27)36(45)42-20-12-19-32(42)34(43)40-33(37(3,4)5)35(44)39-26(2)30-18-11-16-28-15-9-10-17-31(28)30/h6-11,13-18,23-26,32-33H,12,19-22H2,1-5H3,(H,39,44)(H,40,43)/t25-,26-,32-,33-/m0/s1. The van der Waals surface area contributed by atoms with Crippen molar-refractivity contribution in [3.05, 3.63) is 102 Å². The molecule has 0 bridgehead atoms. The predicted octanol–water partition coefficient (Wildman–Crippen LogP) is 5.66. The molecule has 2 heterocycles. The second-order valence-corrected chi connectivity index (χ2v) is 13.4. The molecule has 2 N–H and O–H groups in total. The summed E-state index contributed by atoms with van der Waals surface area (Å²) in [6, 6.07) is 22.7. The average Bonchev–Trinajstić information content (AvgIpc) is 3.69. The van der Waals surface area contributed by atoms with Crippen molar-refractivity contribution < 1.29 is 14.4 Å². The number of imidazole rings is 1. The van der Waals surface area contributed by atoms with Crippen LogP contribution in [0.3, 0.4) is 0 Å². The lowest BCUT2D eigenvalue weighted by Crippen LogP contribution is -2.58. The Morgan fingerprint density at radius 3 is 2.40 bits per heavy atom. The zero-order valence-corrected chi connectivity index (χ0v) is 27.0. The number of carbonyl (C=O) groups is 3. The minimum absolute atomic E-state index is 0.0633. The molecule has 4 atom stereocenters. The lowest BCUT2D eigenvalue weighted by atomic mass is 9.85. The summed E-state index contributed by atoms with van der Waals surface area (Å²) in [5.74, 6) is -0.923. The van der Waals surface area contributed by atoms with Crippen LogP contribution in [-0.2, 0) is 27.3 Å². The summed E-state index contributed by atoms with van der Waals surface area (Å²) in [6.45, 7) is 10.9. The maximum Gasteiger partial charge on any atom is 0.243 e. The van der Waals surface area contributed by atoms with E-state index in [4.69, 9.17) is 0 Å². The maximum atomic E-state index is 13.7. The van der Waals surface area contributed by atoms with Crippen molar-refractivity contribution in [3.63, 3.8) is 0 Å². The lowest BCUT2D eigenvalue weighted by Gasteiger charge is -2.34. The maximum absolute atomic E-state index is 13.7. The first-order valence-corrected chi connectivity index (χ1v) is 15.9. The van der Waals surface area contributed by atoms with Crippen LogP contribution in [0.4, 0.5) is 0 Å². The van der Waals surface area contributed by atoms with Gasteiger partial charge in [-0.05, 0) is 47.1 Å². The molecule has 8 nitrogen and oxygen atoms in total. The van der Waals surface area contributed by atoms with Crippen LogP contribution in [0.15, 0.2) is 85.3 Å². The fourth-order valence-electron chi connectivity index (χ4n) is 6.30. The van der Waals surface area contributed by atoms with E-state index in [1.165, 1.54) is 5.56 Å². The van der Waals surface area contributed by atoms with Crippen LogP contribution in [0.2, 0.25) is 0 Å². The van der Waals surface area contributed by atoms with Gasteiger partial charge in [0.2, 0.25) is 17.7 Å². The highest BCUT2D eigenvalue weighted by molar-refractivity contribution is 5.94. The number of aromatic nitrogens is 2. The molecular formula is C37H45N5O3.